The van der Waals surface area contributed by atoms with Gasteiger partial charge in [0.25, 0.3) is 0 Å². The summed E-state index contributed by atoms with van der Waals surface area (Å²) in [5.74, 6) is 1.48. The fraction of sp³-hybridized carbons (Fsp3) is 0.474. The van der Waals surface area contributed by atoms with E-state index in [2.05, 4.69) is 10.2 Å². The second-order valence-electron chi connectivity index (χ2n) is 7.00. The molecule has 138 valence electrons. The maximum Gasteiger partial charge on any atom is 0.231 e. The molecule has 26 heavy (non-hydrogen) atoms. The van der Waals surface area contributed by atoms with Crippen LogP contribution in [0, 0.1) is 13.8 Å². The van der Waals surface area contributed by atoms with Gasteiger partial charge in [0.2, 0.25) is 12.7 Å². The minimum absolute atomic E-state index is 0.00838. The lowest BCUT2D eigenvalue weighted by Crippen LogP contribution is -2.46. The van der Waals surface area contributed by atoms with Crippen molar-refractivity contribution in [3.8, 4) is 11.5 Å². The first-order valence-electron chi connectivity index (χ1n) is 8.88. The topological polar surface area (TPSA) is 87.7 Å². The number of aliphatic hydroxyl groups excluding tert-OH is 1. The number of rotatable bonds is 3. The van der Waals surface area contributed by atoms with Crippen molar-refractivity contribution in [2.75, 3.05) is 19.9 Å². The number of H-pyrrole nitrogens is 1. The van der Waals surface area contributed by atoms with Crippen LogP contribution in [0.4, 0.5) is 0 Å². The van der Waals surface area contributed by atoms with E-state index in [1.807, 2.05) is 32.0 Å². The van der Waals surface area contributed by atoms with Gasteiger partial charge in [0.1, 0.15) is 0 Å². The SMILES string of the molecule is Cc1n[nH]c(C)c1CC(=O)N1CC[C@@H](c2ccc3c(c2)OCO3)[C@H](O)C1. The first kappa shape index (κ1) is 16.9. The Labute approximate surface area is 151 Å². The highest BCUT2D eigenvalue weighted by Crippen LogP contribution is 2.37. The van der Waals surface area contributed by atoms with E-state index in [0.29, 0.717) is 19.5 Å². The summed E-state index contributed by atoms with van der Waals surface area (Å²) in [6.45, 7) is 5.02. The van der Waals surface area contributed by atoms with Gasteiger partial charge in [0.05, 0.1) is 18.2 Å². The number of likely N-dealkylation sites (tertiary alicyclic amines) is 1. The summed E-state index contributed by atoms with van der Waals surface area (Å²) in [6, 6.07) is 5.79. The minimum Gasteiger partial charge on any atom is -0.454 e. The minimum atomic E-state index is -0.598. The van der Waals surface area contributed by atoms with Crippen molar-refractivity contribution in [3.63, 3.8) is 0 Å². The molecular formula is C19H23N3O4. The zero-order valence-corrected chi connectivity index (χ0v) is 15.0. The van der Waals surface area contributed by atoms with Gasteiger partial charge in [-0.15, -0.1) is 0 Å². The molecule has 7 nitrogen and oxygen atoms in total. The molecule has 4 rings (SSSR count). The van der Waals surface area contributed by atoms with Gasteiger partial charge in [-0.3, -0.25) is 9.89 Å². The van der Waals surface area contributed by atoms with Gasteiger partial charge >= 0.3 is 0 Å². The van der Waals surface area contributed by atoms with Crippen LogP contribution in [0.15, 0.2) is 18.2 Å². The molecule has 2 aliphatic rings. The van der Waals surface area contributed by atoms with E-state index in [1.165, 1.54) is 0 Å². The number of hydrogen-bond donors (Lipinski definition) is 2. The third-order valence-corrected chi connectivity index (χ3v) is 5.37. The molecule has 0 aliphatic carbocycles. The lowest BCUT2D eigenvalue weighted by Gasteiger charge is -2.36. The molecule has 0 radical (unpaired) electrons. The van der Waals surface area contributed by atoms with Gasteiger partial charge in [0, 0.05) is 30.3 Å². The fourth-order valence-electron chi connectivity index (χ4n) is 3.79. The molecule has 0 spiro atoms. The number of hydrogen-bond acceptors (Lipinski definition) is 5. The number of fused-ring (bicyclic) bond motifs is 1. The second-order valence-corrected chi connectivity index (χ2v) is 7.00. The predicted octanol–water partition coefficient (Wildman–Crippen LogP) is 1.67. The molecule has 2 atom stereocenters. The highest BCUT2D eigenvalue weighted by atomic mass is 16.7. The zero-order chi connectivity index (χ0) is 18.3. The number of aromatic nitrogens is 2. The van der Waals surface area contributed by atoms with Crippen molar-refractivity contribution < 1.29 is 19.4 Å². The number of carbonyl (C=O) groups excluding carboxylic acids is 1. The van der Waals surface area contributed by atoms with Crippen molar-refractivity contribution in [3.05, 3.63) is 40.7 Å². The second kappa shape index (κ2) is 6.64. The van der Waals surface area contributed by atoms with E-state index in [4.69, 9.17) is 9.47 Å². The third-order valence-electron chi connectivity index (χ3n) is 5.37. The summed E-state index contributed by atoms with van der Waals surface area (Å²) in [6.07, 6.45) is 0.436. The first-order valence-corrected chi connectivity index (χ1v) is 8.88. The van der Waals surface area contributed by atoms with Gasteiger partial charge in [0.15, 0.2) is 11.5 Å². The van der Waals surface area contributed by atoms with Crippen molar-refractivity contribution >= 4 is 5.91 Å². The summed E-state index contributed by atoms with van der Waals surface area (Å²) >= 11 is 0. The molecule has 0 saturated carbocycles. The Hall–Kier alpha value is -2.54. The Bertz CT molecular complexity index is 813. The van der Waals surface area contributed by atoms with E-state index in [-0.39, 0.29) is 18.6 Å². The Kier molecular flexibility index (Phi) is 4.32. The lowest BCUT2D eigenvalue weighted by atomic mass is 9.86. The summed E-state index contributed by atoms with van der Waals surface area (Å²) < 4.78 is 10.8. The smallest absolute Gasteiger partial charge is 0.231 e. The molecular weight excluding hydrogens is 334 g/mol. The van der Waals surface area contributed by atoms with Gasteiger partial charge in [-0.1, -0.05) is 6.07 Å². The van der Waals surface area contributed by atoms with Gasteiger partial charge in [-0.2, -0.15) is 5.10 Å². The largest absolute Gasteiger partial charge is 0.454 e. The molecule has 2 aliphatic heterocycles. The van der Waals surface area contributed by atoms with Crippen LogP contribution in [0.3, 0.4) is 0 Å². The van der Waals surface area contributed by atoms with Crippen LogP contribution in [0.2, 0.25) is 0 Å². The number of amides is 1. The molecule has 1 saturated heterocycles. The monoisotopic (exact) mass is 357 g/mol. The number of aliphatic hydroxyl groups is 1. The van der Waals surface area contributed by atoms with E-state index in [1.54, 1.807) is 4.90 Å². The molecule has 7 heteroatoms. The quantitative estimate of drug-likeness (QED) is 0.873. The van der Waals surface area contributed by atoms with Gasteiger partial charge < -0.3 is 19.5 Å². The molecule has 2 N–H and O–H groups in total. The van der Waals surface area contributed by atoms with Crippen LogP contribution in [0.5, 0.6) is 11.5 Å². The number of aryl methyl sites for hydroxylation is 2. The highest BCUT2D eigenvalue weighted by Gasteiger charge is 2.32. The highest BCUT2D eigenvalue weighted by molar-refractivity contribution is 5.79. The van der Waals surface area contributed by atoms with Crippen molar-refractivity contribution in [1.29, 1.82) is 0 Å². The first-order chi connectivity index (χ1) is 12.5. The number of piperidine rings is 1. The van der Waals surface area contributed by atoms with Crippen LogP contribution >= 0.6 is 0 Å². The maximum absolute atomic E-state index is 12.6. The van der Waals surface area contributed by atoms with E-state index in [9.17, 15) is 9.90 Å². The molecule has 0 bridgehead atoms. The number of nitrogens with zero attached hydrogens (tertiary/aromatic N) is 2. The van der Waals surface area contributed by atoms with Crippen molar-refractivity contribution in [2.24, 2.45) is 0 Å². The molecule has 0 unspecified atom stereocenters. The predicted molar refractivity (Wildman–Crippen MR) is 94.3 cm³/mol. The summed E-state index contributed by atoms with van der Waals surface area (Å²) in [7, 11) is 0. The Balaban J connectivity index is 1.42. The van der Waals surface area contributed by atoms with Crippen LogP contribution < -0.4 is 9.47 Å². The van der Waals surface area contributed by atoms with E-state index < -0.39 is 6.10 Å². The molecule has 3 heterocycles. The zero-order valence-electron chi connectivity index (χ0n) is 15.0. The number of nitrogens with one attached hydrogen (secondary N) is 1. The van der Waals surface area contributed by atoms with E-state index in [0.717, 1.165) is 40.4 Å². The lowest BCUT2D eigenvalue weighted by molar-refractivity contribution is -0.134. The van der Waals surface area contributed by atoms with Crippen LogP contribution in [0.1, 0.15) is 34.9 Å². The molecule has 1 amide bonds. The fourth-order valence-corrected chi connectivity index (χ4v) is 3.79. The number of benzene rings is 1. The van der Waals surface area contributed by atoms with Gasteiger partial charge in [-0.25, -0.2) is 0 Å². The summed E-state index contributed by atoms with van der Waals surface area (Å²) in [5.41, 5.74) is 3.75. The number of carbonyl (C=O) groups is 1. The molecule has 1 fully saturated rings. The maximum atomic E-state index is 12.6. The summed E-state index contributed by atoms with van der Waals surface area (Å²) in [5, 5.41) is 17.7. The van der Waals surface area contributed by atoms with Crippen LogP contribution in [-0.2, 0) is 11.2 Å². The third kappa shape index (κ3) is 3.03. The Morgan fingerprint density at radius 2 is 2.15 bits per heavy atom. The molecule has 2 aromatic rings. The van der Waals surface area contributed by atoms with E-state index >= 15 is 0 Å². The number of aromatic amines is 1. The standard InChI is InChI=1S/C19H23N3O4/c1-11-15(12(2)21-20-11)8-19(24)22-6-5-14(16(23)9-22)13-3-4-17-18(7-13)26-10-25-17/h3-4,7,14,16,23H,5-6,8-10H2,1-2H3,(H,20,21)/t14-,16+/m0/s1. The van der Waals surface area contributed by atoms with Gasteiger partial charge in [-0.05, 0) is 38.0 Å². The Morgan fingerprint density at radius 3 is 2.88 bits per heavy atom. The molecule has 1 aromatic heterocycles. The van der Waals surface area contributed by atoms with Crippen molar-refractivity contribution in [2.45, 2.75) is 38.7 Å². The van der Waals surface area contributed by atoms with Crippen molar-refractivity contribution in [1.82, 2.24) is 15.1 Å². The molecule has 1 aromatic carbocycles. The van der Waals surface area contributed by atoms with Crippen LogP contribution in [-0.4, -0.2) is 52.1 Å². The average Bonchev–Trinajstić information content (AvgIpc) is 3.22. The Morgan fingerprint density at radius 1 is 1.35 bits per heavy atom. The normalized spacial score (nSPS) is 21.9. The number of ether oxygens (including phenoxy) is 2. The summed E-state index contributed by atoms with van der Waals surface area (Å²) in [4.78, 5) is 14.4. The average molecular weight is 357 g/mol. The van der Waals surface area contributed by atoms with Crippen LogP contribution in [0.25, 0.3) is 0 Å². The number of β-amino-alcohol motifs (C(OH)–C–C–N with tert-alkyl or cyclic N) is 1.